The molecule has 0 bridgehead atoms. The lowest BCUT2D eigenvalue weighted by molar-refractivity contribution is -0.119. The first-order valence-corrected chi connectivity index (χ1v) is 26.4. The molecule has 75 heavy (non-hydrogen) atoms. The number of aromatic nitrogens is 2. The molecule has 0 spiro atoms. The summed E-state index contributed by atoms with van der Waals surface area (Å²) in [5.41, 5.74) is 16.1. The Morgan fingerprint density at radius 1 is 0.587 bits per heavy atom. The third-order valence-electron chi connectivity index (χ3n) is 15.0. The minimum absolute atomic E-state index is 0.00643. The second-order valence-corrected chi connectivity index (χ2v) is 21.0. The van der Waals surface area contributed by atoms with Crippen LogP contribution >= 0.6 is 23.2 Å². The zero-order valence-electron chi connectivity index (χ0n) is 42.2. The topological polar surface area (TPSA) is 162 Å². The SMILES string of the molecule is CC1CN(C(=O)c2c(CN3CCC(c4c(F)cccc4Cl)CC3)c3ccccc3n2CC(N)=O)CC(C)O1.NC(=O)Cn1c(C(=O)N2CCOCC2)c(CN2CCC(c3c(F)cccc3Cl)CC2)c2cc(F)ccc21. The van der Waals surface area contributed by atoms with E-state index in [-0.39, 0.29) is 60.6 Å². The molecule has 4 saturated heterocycles. The first-order valence-electron chi connectivity index (χ1n) is 25.7. The summed E-state index contributed by atoms with van der Waals surface area (Å²) in [7, 11) is 0. The van der Waals surface area contributed by atoms with E-state index >= 15 is 0 Å². The van der Waals surface area contributed by atoms with Crippen LogP contribution in [0.1, 0.15) is 94.6 Å². The number of hydrogen-bond donors (Lipinski definition) is 2. The van der Waals surface area contributed by atoms with Gasteiger partial charge in [-0.25, -0.2) is 13.2 Å². The maximum absolute atomic E-state index is 14.5. The number of likely N-dealkylation sites (tertiary alicyclic amines) is 2. The molecule has 4 fully saturated rings. The lowest BCUT2D eigenvalue weighted by atomic mass is 9.88. The van der Waals surface area contributed by atoms with Crippen LogP contribution in [0.5, 0.6) is 0 Å². The highest BCUT2D eigenvalue weighted by molar-refractivity contribution is 6.31. The van der Waals surface area contributed by atoms with Crippen molar-refractivity contribution in [2.75, 3.05) is 65.6 Å². The van der Waals surface area contributed by atoms with Gasteiger partial charge in [-0.3, -0.25) is 29.0 Å². The number of halogens is 5. The Balaban J connectivity index is 0.000000184. The molecule has 6 aromatic rings. The van der Waals surface area contributed by atoms with Gasteiger partial charge in [0.15, 0.2) is 0 Å². The molecule has 4 aromatic carbocycles. The van der Waals surface area contributed by atoms with Crippen LogP contribution in [0.15, 0.2) is 78.9 Å². The first-order chi connectivity index (χ1) is 36.1. The number of piperidine rings is 2. The van der Waals surface area contributed by atoms with E-state index in [0.717, 1.165) is 42.4 Å². The van der Waals surface area contributed by atoms with Gasteiger partial charge in [0.05, 0.1) is 25.4 Å². The summed E-state index contributed by atoms with van der Waals surface area (Å²) in [6.45, 7) is 10.0. The molecule has 19 heteroatoms. The maximum Gasteiger partial charge on any atom is 0.271 e. The van der Waals surface area contributed by atoms with Gasteiger partial charge in [-0.1, -0.05) is 53.5 Å². The van der Waals surface area contributed by atoms with Crippen molar-refractivity contribution in [3.05, 3.63) is 140 Å². The fourth-order valence-electron chi connectivity index (χ4n) is 11.6. The molecule has 0 aliphatic carbocycles. The number of para-hydroxylation sites is 1. The van der Waals surface area contributed by atoms with E-state index in [9.17, 15) is 32.3 Å². The van der Waals surface area contributed by atoms with Gasteiger partial charge in [0, 0.05) is 93.4 Å². The number of hydrogen-bond acceptors (Lipinski definition) is 8. The number of carbonyl (C=O) groups is 4. The second-order valence-electron chi connectivity index (χ2n) is 20.2. The van der Waals surface area contributed by atoms with Gasteiger partial charge in [-0.05, 0) is 126 Å². The lowest BCUT2D eigenvalue weighted by Gasteiger charge is -2.36. The fraction of sp³-hybridized carbons (Fsp3) is 0.429. The Kier molecular flexibility index (Phi) is 16.9. The van der Waals surface area contributed by atoms with Crippen LogP contribution < -0.4 is 11.5 Å². The molecule has 6 heterocycles. The molecule has 4 aliphatic heterocycles. The van der Waals surface area contributed by atoms with Gasteiger partial charge in [0.2, 0.25) is 11.8 Å². The summed E-state index contributed by atoms with van der Waals surface area (Å²) in [4.78, 5) is 59.9. The molecule has 0 radical (unpaired) electrons. The van der Waals surface area contributed by atoms with E-state index in [1.165, 1.54) is 24.3 Å². The van der Waals surface area contributed by atoms with Crippen LogP contribution in [0.2, 0.25) is 10.0 Å². The van der Waals surface area contributed by atoms with Gasteiger partial charge < -0.3 is 39.9 Å². The molecule has 14 nitrogen and oxygen atoms in total. The van der Waals surface area contributed by atoms with Gasteiger partial charge in [-0.2, -0.15) is 0 Å². The molecule has 2 unspecified atom stereocenters. The van der Waals surface area contributed by atoms with E-state index in [2.05, 4.69) is 9.80 Å². The van der Waals surface area contributed by atoms with Crippen molar-refractivity contribution in [3.63, 3.8) is 0 Å². The predicted molar refractivity (Wildman–Crippen MR) is 282 cm³/mol. The summed E-state index contributed by atoms with van der Waals surface area (Å²) >= 11 is 12.6. The van der Waals surface area contributed by atoms with Crippen LogP contribution in [-0.4, -0.2) is 130 Å². The number of ether oxygens (including phenoxy) is 2. The number of nitrogens with zero attached hydrogens (tertiary/aromatic N) is 6. The quantitative estimate of drug-likeness (QED) is 0.123. The van der Waals surface area contributed by atoms with Crippen LogP contribution in [0.3, 0.4) is 0 Å². The molecule has 398 valence electrons. The molecular weight excluding hydrogens is 1010 g/mol. The Morgan fingerprint density at radius 2 is 1.05 bits per heavy atom. The van der Waals surface area contributed by atoms with E-state index in [1.807, 2.05) is 43.0 Å². The normalized spacial score (nSPS) is 19.3. The van der Waals surface area contributed by atoms with Crippen molar-refractivity contribution in [2.45, 2.75) is 89.8 Å². The van der Waals surface area contributed by atoms with Crippen LogP contribution in [0, 0.1) is 17.5 Å². The Bertz CT molecular complexity index is 3040. The number of rotatable bonds is 12. The molecule has 10 rings (SSSR count). The van der Waals surface area contributed by atoms with Crippen molar-refractivity contribution in [1.29, 1.82) is 0 Å². The monoisotopic (exact) mass is 1070 g/mol. The first kappa shape index (κ1) is 53.9. The number of primary amides is 2. The number of nitrogens with two attached hydrogens (primary N) is 2. The summed E-state index contributed by atoms with van der Waals surface area (Å²) < 4.78 is 58.1. The van der Waals surface area contributed by atoms with Crippen molar-refractivity contribution in [2.24, 2.45) is 11.5 Å². The molecule has 4 aliphatic rings. The van der Waals surface area contributed by atoms with E-state index in [0.29, 0.717) is 127 Å². The van der Waals surface area contributed by atoms with Gasteiger partial charge in [0.1, 0.15) is 41.9 Å². The molecule has 0 saturated carbocycles. The average Bonchev–Trinajstić information content (AvgIpc) is 3.85. The Labute approximate surface area is 444 Å². The largest absolute Gasteiger partial charge is 0.378 e. The number of amides is 4. The standard InChI is InChI=1S/C29H34ClFN4O3.C27H29ClF2N4O3/c1-18-14-34(15-19(2)38-18)29(37)28-22(21-6-3-4-9-25(21)35(28)17-26(32)36)16-33-12-10-20(11-13-33)27-23(30)7-5-8-24(27)31;28-21-2-1-3-22(30)25(21)17-6-8-32(9-7-17)15-20-19-14-18(29)4-5-23(19)34(16-24(31)35)26(20)27(36)33-10-12-37-13-11-33/h3-9,18-20H,10-17H2,1-2H3,(H2,32,36);1-5,14,17H,6-13,15-16H2,(H2,31,35). The molecular formula is C56H63Cl2F3N8O6. The molecule has 4 N–H and O–H groups in total. The van der Waals surface area contributed by atoms with E-state index < -0.39 is 17.6 Å². The third kappa shape index (κ3) is 11.9. The van der Waals surface area contributed by atoms with Gasteiger partial charge in [-0.15, -0.1) is 0 Å². The van der Waals surface area contributed by atoms with Crippen molar-refractivity contribution in [3.8, 4) is 0 Å². The zero-order valence-corrected chi connectivity index (χ0v) is 43.7. The summed E-state index contributed by atoms with van der Waals surface area (Å²) in [6.07, 6.45) is 2.77. The van der Waals surface area contributed by atoms with Crippen LogP contribution in [0.25, 0.3) is 21.8 Å². The maximum atomic E-state index is 14.5. The minimum Gasteiger partial charge on any atom is -0.378 e. The average molecular weight is 1070 g/mol. The third-order valence-corrected chi connectivity index (χ3v) is 15.7. The fourth-order valence-corrected chi connectivity index (χ4v) is 12.3. The second kappa shape index (κ2) is 23.5. The summed E-state index contributed by atoms with van der Waals surface area (Å²) in [5, 5.41) is 2.42. The van der Waals surface area contributed by atoms with Crippen molar-refractivity contribution < 1.29 is 41.8 Å². The van der Waals surface area contributed by atoms with E-state index in [4.69, 9.17) is 44.1 Å². The highest BCUT2D eigenvalue weighted by atomic mass is 35.5. The molecule has 2 atom stereocenters. The van der Waals surface area contributed by atoms with Crippen LogP contribution in [0.4, 0.5) is 13.2 Å². The zero-order chi connectivity index (χ0) is 53.1. The van der Waals surface area contributed by atoms with Crippen molar-refractivity contribution in [1.82, 2.24) is 28.7 Å². The number of carbonyl (C=O) groups excluding carboxylic acids is 4. The highest BCUT2D eigenvalue weighted by Crippen LogP contribution is 2.39. The number of fused-ring (bicyclic) bond motifs is 2. The summed E-state index contributed by atoms with van der Waals surface area (Å²) in [5.74, 6) is -2.38. The van der Waals surface area contributed by atoms with Crippen LogP contribution in [-0.2, 0) is 45.2 Å². The Hall–Kier alpha value is -5.95. The van der Waals surface area contributed by atoms with Gasteiger partial charge >= 0.3 is 0 Å². The minimum atomic E-state index is -0.591. The van der Waals surface area contributed by atoms with Crippen molar-refractivity contribution >= 4 is 68.6 Å². The summed E-state index contributed by atoms with van der Waals surface area (Å²) in [6, 6.07) is 21.6. The number of morpholine rings is 2. The van der Waals surface area contributed by atoms with Gasteiger partial charge in [0.25, 0.3) is 11.8 Å². The van der Waals surface area contributed by atoms with E-state index in [1.54, 1.807) is 44.4 Å². The number of benzene rings is 4. The molecule has 2 aromatic heterocycles. The highest BCUT2D eigenvalue weighted by Gasteiger charge is 2.35. The Morgan fingerprint density at radius 3 is 1.55 bits per heavy atom. The smallest absolute Gasteiger partial charge is 0.271 e. The lowest BCUT2D eigenvalue weighted by Crippen LogP contribution is -2.49. The predicted octanol–water partition coefficient (Wildman–Crippen LogP) is 8.46. The molecule has 4 amide bonds.